The van der Waals surface area contributed by atoms with Crippen LogP contribution in [-0.2, 0) is 0 Å². The van der Waals surface area contributed by atoms with E-state index < -0.39 is 20.8 Å². The molecule has 0 bridgehead atoms. The van der Waals surface area contributed by atoms with Crippen LogP contribution in [0.5, 0.6) is 0 Å². The number of non-ortho nitro benzene ring substituents is 1. The van der Waals surface area contributed by atoms with Gasteiger partial charge in [0.2, 0.25) is 3.79 Å². The SMILES string of the molecule is O=C(NC(Nc1cccc([N+](=O)[O-])c1)C(Cl)(Cl)Cl)c1cccc(Cl)c1. The quantitative estimate of drug-likeness (QED) is 0.314. The lowest BCUT2D eigenvalue weighted by Crippen LogP contribution is -2.49. The van der Waals surface area contributed by atoms with Gasteiger partial charge in [0.1, 0.15) is 6.17 Å². The summed E-state index contributed by atoms with van der Waals surface area (Å²) in [6.45, 7) is 0. The number of nitrogens with one attached hydrogen (secondary N) is 2. The van der Waals surface area contributed by atoms with E-state index in [1.165, 1.54) is 24.3 Å². The highest BCUT2D eigenvalue weighted by Crippen LogP contribution is 2.32. The largest absolute Gasteiger partial charge is 0.362 e. The van der Waals surface area contributed by atoms with Crippen molar-refractivity contribution in [2.75, 3.05) is 5.32 Å². The van der Waals surface area contributed by atoms with E-state index in [4.69, 9.17) is 46.4 Å². The summed E-state index contributed by atoms with van der Waals surface area (Å²) in [7, 11) is 0. The fourth-order valence-electron chi connectivity index (χ4n) is 1.92. The summed E-state index contributed by atoms with van der Waals surface area (Å²) in [6, 6.07) is 11.8. The van der Waals surface area contributed by atoms with E-state index in [1.54, 1.807) is 24.3 Å². The molecule has 2 N–H and O–H groups in total. The molecule has 25 heavy (non-hydrogen) atoms. The summed E-state index contributed by atoms with van der Waals surface area (Å²) in [6.07, 6.45) is -1.15. The van der Waals surface area contributed by atoms with Gasteiger partial charge in [0.25, 0.3) is 11.6 Å². The van der Waals surface area contributed by atoms with Crippen molar-refractivity contribution >= 4 is 63.7 Å². The topological polar surface area (TPSA) is 84.3 Å². The third-order valence-electron chi connectivity index (χ3n) is 3.06. The number of carbonyl (C=O) groups excluding carboxylic acids is 1. The van der Waals surface area contributed by atoms with Gasteiger partial charge in [-0.25, -0.2) is 0 Å². The molecule has 0 aliphatic rings. The molecule has 0 fully saturated rings. The molecule has 132 valence electrons. The third-order valence-corrected chi connectivity index (χ3v) is 3.95. The van der Waals surface area contributed by atoms with E-state index in [1.807, 2.05) is 0 Å². The van der Waals surface area contributed by atoms with Gasteiger partial charge in [0.05, 0.1) is 4.92 Å². The Morgan fingerprint density at radius 1 is 1.12 bits per heavy atom. The maximum absolute atomic E-state index is 12.3. The van der Waals surface area contributed by atoms with Crippen molar-refractivity contribution in [2.24, 2.45) is 0 Å². The van der Waals surface area contributed by atoms with Gasteiger partial charge in [-0.1, -0.05) is 58.5 Å². The number of hydrogen-bond acceptors (Lipinski definition) is 4. The fraction of sp³-hybridized carbons (Fsp3) is 0.133. The lowest BCUT2D eigenvalue weighted by Gasteiger charge is -2.27. The Morgan fingerprint density at radius 2 is 1.80 bits per heavy atom. The highest BCUT2D eigenvalue weighted by molar-refractivity contribution is 6.68. The maximum Gasteiger partial charge on any atom is 0.271 e. The smallest absolute Gasteiger partial charge is 0.271 e. The highest BCUT2D eigenvalue weighted by atomic mass is 35.6. The Labute approximate surface area is 163 Å². The van der Waals surface area contributed by atoms with Gasteiger partial charge in [-0.05, 0) is 24.3 Å². The monoisotopic (exact) mass is 421 g/mol. The zero-order chi connectivity index (χ0) is 18.6. The Kier molecular flexibility index (Phi) is 6.35. The summed E-state index contributed by atoms with van der Waals surface area (Å²) in [4.78, 5) is 22.6. The highest BCUT2D eigenvalue weighted by Gasteiger charge is 2.34. The standard InChI is InChI=1S/C15H11Cl4N3O3/c16-10-4-1-3-9(7-10)13(23)21-14(15(17,18)19)20-11-5-2-6-12(8-11)22(24)25/h1-8,14,20H,(H,21,23). The number of nitrogens with zero attached hydrogens (tertiary/aromatic N) is 1. The predicted octanol–water partition coefficient (Wildman–Crippen LogP) is 4.79. The second kappa shape index (κ2) is 8.10. The molecule has 0 saturated heterocycles. The minimum atomic E-state index is -1.92. The van der Waals surface area contributed by atoms with E-state index in [-0.39, 0.29) is 11.3 Å². The Bertz CT molecular complexity index is 796. The number of alkyl halides is 3. The van der Waals surface area contributed by atoms with Gasteiger partial charge in [-0.2, -0.15) is 0 Å². The molecule has 6 nitrogen and oxygen atoms in total. The van der Waals surface area contributed by atoms with E-state index in [2.05, 4.69) is 10.6 Å². The summed E-state index contributed by atoms with van der Waals surface area (Å²) in [5, 5.41) is 16.5. The summed E-state index contributed by atoms with van der Waals surface area (Å²) < 4.78 is -1.92. The second-order valence-corrected chi connectivity index (χ2v) is 7.72. The molecule has 10 heteroatoms. The van der Waals surface area contributed by atoms with Crippen LogP contribution < -0.4 is 10.6 Å². The molecule has 1 unspecified atom stereocenters. The van der Waals surface area contributed by atoms with Gasteiger partial charge in [0, 0.05) is 28.4 Å². The molecule has 0 aromatic heterocycles. The first-order valence-corrected chi connectivity index (χ1v) is 8.32. The van der Waals surface area contributed by atoms with Crippen LogP contribution in [0.1, 0.15) is 10.4 Å². The fourth-order valence-corrected chi connectivity index (χ4v) is 2.44. The van der Waals surface area contributed by atoms with E-state index in [0.717, 1.165) is 0 Å². The van der Waals surface area contributed by atoms with Crippen LogP contribution in [0.25, 0.3) is 0 Å². The van der Waals surface area contributed by atoms with Crippen molar-refractivity contribution in [2.45, 2.75) is 9.96 Å². The number of halogens is 4. The van der Waals surface area contributed by atoms with Gasteiger partial charge in [-0.15, -0.1) is 0 Å². The summed E-state index contributed by atoms with van der Waals surface area (Å²) in [5.74, 6) is -0.531. The van der Waals surface area contributed by atoms with Crippen LogP contribution in [0.15, 0.2) is 48.5 Å². The first-order chi connectivity index (χ1) is 11.7. The normalized spacial score (nSPS) is 12.3. The van der Waals surface area contributed by atoms with Gasteiger partial charge >= 0.3 is 0 Å². The van der Waals surface area contributed by atoms with Crippen LogP contribution in [-0.4, -0.2) is 20.8 Å². The van der Waals surface area contributed by atoms with E-state index >= 15 is 0 Å². The minimum Gasteiger partial charge on any atom is -0.362 e. The molecule has 0 saturated carbocycles. The number of amides is 1. The van der Waals surface area contributed by atoms with Crippen molar-refractivity contribution in [3.05, 3.63) is 69.2 Å². The first kappa shape index (κ1) is 19.6. The molecule has 0 radical (unpaired) electrons. The summed E-state index contributed by atoms with van der Waals surface area (Å²) in [5.41, 5.74) is 0.429. The van der Waals surface area contributed by atoms with Crippen molar-refractivity contribution in [1.82, 2.24) is 5.32 Å². The second-order valence-electron chi connectivity index (χ2n) is 4.91. The molecule has 1 amide bonds. The van der Waals surface area contributed by atoms with Gasteiger partial charge in [-0.3, -0.25) is 14.9 Å². The average Bonchev–Trinajstić information content (AvgIpc) is 2.53. The molecular weight excluding hydrogens is 412 g/mol. The maximum atomic E-state index is 12.3. The molecule has 2 aromatic rings. The number of rotatable bonds is 5. The van der Waals surface area contributed by atoms with Crippen LogP contribution in [0.2, 0.25) is 5.02 Å². The zero-order valence-corrected chi connectivity index (χ0v) is 15.4. The van der Waals surface area contributed by atoms with Gasteiger partial charge in [0.15, 0.2) is 0 Å². The van der Waals surface area contributed by atoms with Crippen LogP contribution >= 0.6 is 46.4 Å². The van der Waals surface area contributed by atoms with E-state index in [0.29, 0.717) is 10.7 Å². The number of nitro groups is 1. The van der Waals surface area contributed by atoms with Crippen molar-refractivity contribution in [1.29, 1.82) is 0 Å². The van der Waals surface area contributed by atoms with E-state index in [9.17, 15) is 14.9 Å². The Morgan fingerprint density at radius 3 is 2.40 bits per heavy atom. The number of carbonyl (C=O) groups is 1. The molecule has 0 heterocycles. The van der Waals surface area contributed by atoms with Crippen LogP contribution in [0.4, 0.5) is 11.4 Å². The molecule has 1 atom stereocenters. The minimum absolute atomic E-state index is 0.144. The molecule has 2 rings (SSSR count). The average molecular weight is 423 g/mol. The predicted molar refractivity (Wildman–Crippen MR) is 99.7 cm³/mol. The number of benzene rings is 2. The van der Waals surface area contributed by atoms with Crippen molar-refractivity contribution in [3.8, 4) is 0 Å². The number of anilines is 1. The van der Waals surface area contributed by atoms with Crippen LogP contribution in [0.3, 0.4) is 0 Å². The first-order valence-electron chi connectivity index (χ1n) is 6.81. The van der Waals surface area contributed by atoms with Crippen molar-refractivity contribution < 1.29 is 9.72 Å². The van der Waals surface area contributed by atoms with Crippen molar-refractivity contribution in [3.63, 3.8) is 0 Å². The number of nitro benzene ring substituents is 1. The summed E-state index contributed by atoms with van der Waals surface area (Å²) >= 11 is 23.6. The Hall–Kier alpha value is -1.73. The molecule has 2 aromatic carbocycles. The number of hydrogen-bond donors (Lipinski definition) is 2. The third kappa shape index (κ3) is 5.64. The molecule has 0 spiro atoms. The lowest BCUT2D eigenvalue weighted by molar-refractivity contribution is -0.384. The Balaban J connectivity index is 2.21. The van der Waals surface area contributed by atoms with Gasteiger partial charge < -0.3 is 10.6 Å². The molecular formula is C15H11Cl4N3O3. The molecule has 0 aliphatic heterocycles. The zero-order valence-electron chi connectivity index (χ0n) is 12.4. The molecule has 0 aliphatic carbocycles. The van der Waals surface area contributed by atoms with Crippen LogP contribution in [0, 0.1) is 10.1 Å². The lowest BCUT2D eigenvalue weighted by atomic mass is 10.2.